The third-order valence-electron chi connectivity index (χ3n) is 2.58. The lowest BCUT2D eigenvalue weighted by Crippen LogP contribution is -2.12. The van der Waals surface area contributed by atoms with Gasteiger partial charge in [0.15, 0.2) is 0 Å². The SMILES string of the molecule is C=C1Nc2ccc(Cl)cc2-c2cccn21. The minimum atomic E-state index is 0.746. The fourth-order valence-electron chi connectivity index (χ4n) is 1.89. The number of benzene rings is 1. The van der Waals surface area contributed by atoms with Crippen LogP contribution in [0.2, 0.25) is 5.02 Å². The second-order valence-corrected chi connectivity index (χ2v) is 3.96. The van der Waals surface area contributed by atoms with Crippen molar-refractivity contribution in [3.63, 3.8) is 0 Å². The summed E-state index contributed by atoms with van der Waals surface area (Å²) in [6.07, 6.45) is 1.98. The number of hydrogen-bond acceptors (Lipinski definition) is 1. The molecule has 1 N–H and O–H groups in total. The van der Waals surface area contributed by atoms with Crippen molar-refractivity contribution in [3.05, 3.63) is 48.1 Å². The summed E-state index contributed by atoms with van der Waals surface area (Å²) in [5, 5.41) is 3.99. The van der Waals surface area contributed by atoms with Gasteiger partial charge in [0.25, 0.3) is 0 Å². The lowest BCUT2D eigenvalue weighted by Gasteiger charge is -2.23. The monoisotopic (exact) mass is 216 g/mol. The van der Waals surface area contributed by atoms with Crippen molar-refractivity contribution in [1.29, 1.82) is 0 Å². The van der Waals surface area contributed by atoms with Crippen LogP contribution in [-0.4, -0.2) is 4.57 Å². The predicted octanol–water partition coefficient (Wildman–Crippen LogP) is 3.66. The summed E-state index contributed by atoms with van der Waals surface area (Å²) < 4.78 is 2.01. The highest BCUT2D eigenvalue weighted by molar-refractivity contribution is 6.31. The van der Waals surface area contributed by atoms with E-state index in [0.717, 1.165) is 27.8 Å². The molecule has 2 aromatic rings. The van der Waals surface area contributed by atoms with Gasteiger partial charge < -0.3 is 9.88 Å². The summed E-state index contributed by atoms with van der Waals surface area (Å²) >= 11 is 5.99. The van der Waals surface area contributed by atoms with Crippen LogP contribution in [0.5, 0.6) is 0 Å². The van der Waals surface area contributed by atoms with E-state index in [2.05, 4.69) is 18.0 Å². The van der Waals surface area contributed by atoms with Crippen molar-refractivity contribution in [1.82, 2.24) is 4.57 Å². The third kappa shape index (κ3) is 1.18. The Hall–Kier alpha value is -1.67. The number of aromatic nitrogens is 1. The average molecular weight is 217 g/mol. The topological polar surface area (TPSA) is 17.0 Å². The van der Waals surface area contributed by atoms with E-state index in [1.54, 1.807) is 0 Å². The second kappa shape index (κ2) is 2.91. The minimum Gasteiger partial charge on any atom is -0.341 e. The van der Waals surface area contributed by atoms with Gasteiger partial charge in [-0.3, -0.25) is 0 Å². The number of hydrogen-bond donors (Lipinski definition) is 1. The average Bonchev–Trinajstić information content (AvgIpc) is 2.69. The Morgan fingerprint density at radius 2 is 2.13 bits per heavy atom. The molecule has 0 aliphatic carbocycles. The molecule has 0 saturated heterocycles. The normalized spacial score (nSPS) is 13.0. The van der Waals surface area contributed by atoms with Gasteiger partial charge >= 0.3 is 0 Å². The summed E-state index contributed by atoms with van der Waals surface area (Å²) in [5.74, 6) is 0.866. The van der Waals surface area contributed by atoms with Crippen LogP contribution in [0.4, 0.5) is 5.69 Å². The van der Waals surface area contributed by atoms with Gasteiger partial charge in [-0.1, -0.05) is 18.2 Å². The Morgan fingerprint density at radius 1 is 1.27 bits per heavy atom. The molecule has 15 heavy (non-hydrogen) atoms. The summed E-state index contributed by atoms with van der Waals surface area (Å²) in [6, 6.07) is 9.86. The molecule has 0 saturated carbocycles. The number of nitrogens with one attached hydrogen (secondary N) is 1. The first kappa shape index (κ1) is 8.62. The number of anilines is 1. The predicted molar refractivity (Wildman–Crippen MR) is 63.8 cm³/mol. The van der Waals surface area contributed by atoms with Crippen LogP contribution in [0, 0.1) is 0 Å². The van der Waals surface area contributed by atoms with E-state index >= 15 is 0 Å². The van der Waals surface area contributed by atoms with Crippen LogP contribution < -0.4 is 5.32 Å². The zero-order valence-electron chi connectivity index (χ0n) is 8.00. The highest BCUT2D eigenvalue weighted by Gasteiger charge is 2.16. The van der Waals surface area contributed by atoms with Crippen molar-refractivity contribution >= 4 is 23.1 Å². The molecule has 1 aromatic heterocycles. The molecule has 0 bridgehead atoms. The van der Waals surface area contributed by atoms with E-state index in [9.17, 15) is 0 Å². The molecule has 74 valence electrons. The molecule has 1 aromatic carbocycles. The fraction of sp³-hybridized carbons (Fsp3) is 0. The summed E-state index contributed by atoms with van der Waals surface area (Å²) in [4.78, 5) is 0. The Labute approximate surface area is 92.8 Å². The maximum Gasteiger partial charge on any atom is 0.107 e. The Kier molecular flexibility index (Phi) is 1.67. The first-order chi connectivity index (χ1) is 7.25. The van der Waals surface area contributed by atoms with Gasteiger partial charge in [-0.25, -0.2) is 0 Å². The van der Waals surface area contributed by atoms with Crippen molar-refractivity contribution < 1.29 is 0 Å². The van der Waals surface area contributed by atoms with Crippen LogP contribution in [0.1, 0.15) is 0 Å². The molecule has 0 atom stereocenters. The van der Waals surface area contributed by atoms with Crippen molar-refractivity contribution in [3.8, 4) is 11.3 Å². The molecular weight excluding hydrogens is 208 g/mol. The van der Waals surface area contributed by atoms with E-state index < -0.39 is 0 Å². The molecule has 1 aliphatic heterocycles. The van der Waals surface area contributed by atoms with Crippen molar-refractivity contribution in [2.24, 2.45) is 0 Å². The quantitative estimate of drug-likeness (QED) is 0.711. The molecule has 0 fully saturated rings. The molecule has 0 spiro atoms. The molecule has 3 rings (SSSR count). The summed E-state index contributed by atoms with van der Waals surface area (Å²) in [7, 11) is 0. The summed E-state index contributed by atoms with van der Waals surface area (Å²) in [6.45, 7) is 3.97. The standard InChI is InChI=1S/C12H9ClN2/c1-8-14-11-5-4-9(13)7-10(11)12-3-2-6-15(8)12/h2-7,14H,1H2. The first-order valence-corrected chi connectivity index (χ1v) is 5.07. The Bertz CT molecular complexity index is 554. The maximum absolute atomic E-state index is 5.99. The van der Waals surface area contributed by atoms with E-state index in [0.29, 0.717) is 0 Å². The number of halogens is 1. The van der Waals surface area contributed by atoms with E-state index in [1.807, 2.05) is 35.0 Å². The van der Waals surface area contributed by atoms with Crippen LogP contribution in [-0.2, 0) is 0 Å². The lowest BCUT2D eigenvalue weighted by atomic mass is 10.1. The molecular formula is C12H9ClN2. The molecule has 1 aliphatic rings. The number of fused-ring (bicyclic) bond motifs is 3. The third-order valence-corrected chi connectivity index (χ3v) is 2.81. The molecule has 0 unspecified atom stereocenters. The van der Waals surface area contributed by atoms with Crippen LogP contribution in [0.15, 0.2) is 43.1 Å². The fourth-order valence-corrected chi connectivity index (χ4v) is 2.06. The largest absolute Gasteiger partial charge is 0.341 e. The van der Waals surface area contributed by atoms with Gasteiger partial charge in [0.2, 0.25) is 0 Å². The van der Waals surface area contributed by atoms with Gasteiger partial charge in [-0.05, 0) is 30.3 Å². The number of nitrogens with zero attached hydrogens (tertiary/aromatic N) is 1. The van der Waals surface area contributed by atoms with Gasteiger partial charge in [-0.15, -0.1) is 0 Å². The van der Waals surface area contributed by atoms with E-state index in [-0.39, 0.29) is 0 Å². The lowest BCUT2D eigenvalue weighted by molar-refractivity contribution is 1.10. The van der Waals surface area contributed by atoms with Gasteiger partial charge in [0, 0.05) is 22.5 Å². The maximum atomic E-state index is 5.99. The highest BCUT2D eigenvalue weighted by atomic mass is 35.5. The smallest absolute Gasteiger partial charge is 0.107 e. The van der Waals surface area contributed by atoms with Gasteiger partial charge in [0.1, 0.15) is 5.82 Å². The molecule has 3 heteroatoms. The Balaban J connectivity index is 2.33. The van der Waals surface area contributed by atoms with Crippen molar-refractivity contribution in [2.45, 2.75) is 0 Å². The van der Waals surface area contributed by atoms with Gasteiger partial charge in [0.05, 0.1) is 5.69 Å². The van der Waals surface area contributed by atoms with Gasteiger partial charge in [-0.2, -0.15) is 0 Å². The number of rotatable bonds is 0. The van der Waals surface area contributed by atoms with Crippen LogP contribution in [0.3, 0.4) is 0 Å². The van der Waals surface area contributed by atoms with Crippen LogP contribution in [0.25, 0.3) is 17.1 Å². The molecule has 2 nitrogen and oxygen atoms in total. The van der Waals surface area contributed by atoms with E-state index in [4.69, 9.17) is 11.6 Å². The van der Waals surface area contributed by atoms with Crippen LogP contribution >= 0.6 is 11.6 Å². The summed E-state index contributed by atoms with van der Waals surface area (Å²) in [5.41, 5.74) is 3.28. The molecule has 0 amide bonds. The molecule has 0 radical (unpaired) electrons. The highest BCUT2D eigenvalue weighted by Crippen LogP contribution is 2.36. The first-order valence-electron chi connectivity index (χ1n) is 4.69. The van der Waals surface area contributed by atoms with E-state index in [1.165, 1.54) is 0 Å². The Morgan fingerprint density at radius 3 is 3.00 bits per heavy atom. The minimum absolute atomic E-state index is 0.746. The van der Waals surface area contributed by atoms with Crippen molar-refractivity contribution in [2.75, 3.05) is 5.32 Å². The zero-order chi connectivity index (χ0) is 10.4. The zero-order valence-corrected chi connectivity index (χ0v) is 8.75. The molecule has 2 heterocycles. The second-order valence-electron chi connectivity index (χ2n) is 3.53.